The Morgan fingerprint density at radius 2 is 2.12 bits per heavy atom. The number of carbonyl (C=O) groups excluding carboxylic acids is 1. The van der Waals surface area contributed by atoms with Crippen LogP contribution in [0.15, 0.2) is 41.2 Å². The summed E-state index contributed by atoms with van der Waals surface area (Å²) in [6.45, 7) is 0.443. The number of aromatic nitrogens is 4. The molecule has 3 aromatic rings. The second-order valence-electron chi connectivity index (χ2n) is 5.30. The highest BCUT2D eigenvalue weighted by Crippen LogP contribution is 2.10. The fourth-order valence-corrected chi connectivity index (χ4v) is 2.26. The SMILES string of the molecule is O=C(NCCc1ccc(Cl)cc1)c1nc(Cn2cc([N+](=O)[O-])cn2)no1. The van der Waals surface area contributed by atoms with Crippen molar-refractivity contribution in [3.05, 3.63) is 69.1 Å². The van der Waals surface area contributed by atoms with Crippen LogP contribution < -0.4 is 5.32 Å². The van der Waals surface area contributed by atoms with E-state index in [0.717, 1.165) is 11.8 Å². The standard InChI is InChI=1S/C15H13ClN6O4/c16-11-3-1-10(2-4-11)5-6-17-14(23)15-19-13(20-26-15)9-21-8-12(7-18-21)22(24)25/h1-4,7-8H,5-6,9H2,(H,17,23). The maximum Gasteiger partial charge on any atom is 0.316 e. The molecular formula is C15H13ClN6O4. The van der Waals surface area contributed by atoms with Gasteiger partial charge in [0.05, 0.1) is 4.92 Å². The van der Waals surface area contributed by atoms with E-state index in [0.29, 0.717) is 18.0 Å². The third-order valence-corrected chi connectivity index (χ3v) is 3.66. The summed E-state index contributed by atoms with van der Waals surface area (Å²) in [6.07, 6.45) is 2.98. The third kappa shape index (κ3) is 4.42. The van der Waals surface area contributed by atoms with Crippen LogP contribution in [0, 0.1) is 10.1 Å². The first kappa shape index (κ1) is 17.5. The van der Waals surface area contributed by atoms with Gasteiger partial charge in [-0.25, -0.2) is 0 Å². The van der Waals surface area contributed by atoms with E-state index in [9.17, 15) is 14.9 Å². The molecule has 0 atom stereocenters. The molecule has 3 rings (SSSR count). The van der Waals surface area contributed by atoms with Crippen LogP contribution in [0.1, 0.15) is 22.1 Å². The number of halogens is 1. The number of amides is 1. The van der Waals surface area contributed by atoms with Gasteiger partial charge in [0.2, 0.25) is 0 Å². The van der Waals surface area contributed by atoms with Crippen molar-refractivity contribution >= 4 is 23.2 Å². The molecule has 134 valence electrons. The average molecular weight is 377 g/mol. The van der Waals surface area contributed by atoms with Gasteiger partial charge in [-0.2, -0.15) is 10.1 Å². The minimum absolute atomic E-state index is 0.0510. The Kier molecular flexibility index (Phi) is 5.23. The number of hydrogen-bond donors (Lipinski definition) is 1. The summed E-state index contributed by atoms with van der Waals surface area (Å²) in [5.74, 6) is -0.493. The molecule has 1 amide bonds. The molecule has 10 nitrogen and oxygen atoms in total. The molecule has 0 bridgehead atoms. The van der Waals surface area contributed by atoms with Crippen LogP contribution in [-0.2, 0) is 13.0 Å². The summed E-state index contributed by atoms with van der Waals surface area (Å²) >= 11 is 5.82. The van der Waals surface area contributed by atoms with E-state index in [4.69, 9.17) is 16.1 Å². The number of nitrogens with one attached hydrogen (secondary N) is 1. The molecule has 0 saturated carbocycles. The largest absolute Gasteiger partial charge is 0.347 e. The molecule has 2 heterocycles. The van der Waals surface area contributed by atoms with Gasteiger partial charge in [0, 0.05) is 11.6 Å². The molecule has 0 unspecified atom stereocenters. The van der Waals surface area contributed by atoms with E-state index < -0.39 is 10.8 Å². The van der Waals surface area contributed by atoms with Crippen molar-refractivity contribution < 1.29 is 14.2 Å². The second-order valence-corrected chi connectivity index (χ2v) is 5.74. The molecule has 0 fully saturated rings. The number of carbonyl (C=O) groups is 1. The molecule has 1 aromatic carbocycles. The summed E-state index contributed by atoms with van der Waals surface area (Å²) in [5, 5.41) is 21.4. The van der Waals surface area contributed by atoms with Crippen molar-refractivity contribution in [3.8, 4) is 0 Å². The number of hydrogen-bond acceptors (Lipinski definition) is 7. The molecule has 0 saturated heterocycles. The summed E-state index contributed by atoms with van der Waals surface area (Å²) in [5.41, 5.74) is 0.884. The van der Waals surface area contributed by atoms with Crippen LogP contribution in [0.25, 0.3) is 0 Å². The first-order valence-corrected chi connectivity index (χ1v) is 7.91. The summed E-state index contributed by atoms with van der Waals surface area (Å²) in [6, 6.07) is 7.32. The zero-order valence-electron chi connectivity index (χ0n) is 13.3. The first-order chi connectivity index (χ1) is 12.5. The van der Waals surface area contributed by atoms with Crippen LogP contribution in [0.3, 0.4) is 0 Å². The number of benzene rings is 1. The maximum absolute atomic E-state index is 12.0. The predicted octanol–water partition coefficient (Wildman–Crippen LogP) is 1.85. The molecule has 26 heavy (non-hydrogen) atoms. The van der Waals surface area contributed by atoms with E-state index in [1.54, 1.807) is 12.1 Å². The van der Waals surface area contributed by atoms with Crippen LogP contribution >= 0.6 is 11.6 Å². The summed E-state index contributed by atoms with van der Waals surface area (Å²) in [4.78, 5) is 26.0. The van der Waals surface area contributed by atoms with E-state index in [1.165, 1.54) is 10.9 Å². The van der Waals surface area contributed by atoms with Gasteiger partial charge in [-0.05, 0) is 24.1 Å². The van der Waals surface area contributed by atoms with Crippen molar-refractivity contribution in [1.29, 1.82) is 0 Å². The summed E-state index contributed by atoms with van der Waals surface area (Å²) < 4.78 is 6.19. The molecule has 0 radical (unpaired) electrons. The lowest BCUT2D eigenvalue weighted by atomic mass is 10.1. The monoisotopic (exact) mass is 376 g/mol. The molecular weight excluding hydrogens is 364 g/mol. The van der Waals surface area contributed by atoms with Gasteiger partial charge in [-0.3, -0.25) is 19.6 Å². The smallest absolute Gasteiger partial charge is 0.316 e. The van der Waals surface area contributed by atoms with E-state index in [-0.39, 0.29) is 23.9 Å². The van der Waals surface area contributed by atoms with Gasteiger partial charge in [-0.1, -0.05) is 28.9 Å². The van der Waals surface area contributed by atoms with E-state index in [2.05, 4.69) is 20.6 Å². The van der Waals surface area contributed by atoms with Crippen molar-refractivity contribution in [2.75, 3.05) is 6.54 Å². The van der Waals surface area contributed by atoms with Crippen LogP contribution in [0.4, 0.5) is 5.69 Å². The highest BCUT2D eigenvalue weighted by Gasteiger charge is 2.16. The zero-order valence-corrected chi connectivity index (χ0v) is 14.1. The van der Waals surface area contributed by atoms with Crippen LogP contribution in [0.5, 0.6) is 0 Å². The van der Waals surface area contributed by atoms with E-state index in [1.807, 2.05) is 12.1 Å². The quantitative estimate of drug-likeness (QED) is 0.492. The second kappa shape index (κ2) is 7.74. The third-order valence-electron chi connectivity index (χ3n) is 3.41. The van der Waals surface area contributed by atoms with Gasteiger partial charge in [-0.15, -0.1) is 0 Å². The molecule has 2 aromatic heterocycles. The Labute approximate surface area is 151 Å². The van der Waals surface area contributed by atoms with Crippen molar-refractivity contribution in [3.63, 3.8) is 0 Å². The molecule has 0 spiro atoms. The number of rotatable bonds is 7. The highest BCUT2D eigenvalue weighted by atomic mass is 35.5. The Balaban J connectivity index is 1.52. The Hall–Kier alpha value is -3.27. The van der Waals surface area contributed by atoms with Crippen molar-refractivity contribution in [2.45, 2.75) is 13.0 Å². The highest BCUT2D eigenvalue weighted by molar-refractivity contribution is 6.30. The van der Waals surface area contributed by atoms with Crippen LogP contribution in [0.2, 0.25) is 5.02 Å². The average Bonchev–Trinajstić information content (AvgIpc) is 3.27. The van der Waals surface area contributed by atoms with Gasteiger partial charge in [0.1, 0.15) is 18.9 Å². The Bertz CT molecular complexity index is 920. The normalized spacial score (nSPS) is 10.7. The lowest BCUT2D eigenvalue weighted by Crippen LogP contribution is -2.26. The first-order valence-electron chi connectivity index (χ1n) is 7.53. The number of nitro groups is 1. The van der Waals surface area contributed by atoms with E-state index >= 15 is 0 Å². The Morgan fingerprint density at radius 3 is 2.81 bits per heavy atom. The maximum atomic E-state index is 12.0. The van der Waals surface area contributed by atoms with Gasteiger partial charge < -0.3 is 9.84 Å². The van der Waals surface area contributed by atoms with Gasteiger partial charge >= 0.3 is 17.5 Å². The molecule has 0 aliphatic rings. The number of nitrogens with zero attached hydrogens (tertiary/aromatic N) is 5. The van der Waals surface area contributed by atoms with Gasteiger partial charge in [0.15, 0.2) is 5.82 Å². The lowest BCUT2D eigenvalue weighted by molar-refractivity contribution is -0.385. The van der Waals surface area contributed by atoms with Crippen LogP contribution in [-0.4, -0.2) is 37.3 Å². The lowest BCUT2D eigenvalue weighted by Gasteiger charge is -2.02. The minimum Gasteiger partial charge on any atom is -0.347 e. The minimum atomic E-state index is -0.556. The van der Waals surface area contributed by atoms with Gasteiger partial charge in [0.25, 0.3) is 0 Å². The predicted molar refractivity (Wildman–Crippen MR) is 89.8 cm³/mol. The molecule has 0 aliphatic carbocycles. The fraction of sp³-hybridized carbons (Fsp3) is 0.200. The van der Waals surface area contributed by atoms with Crippen molar-refractivity contribution in [2.24, 2.45) is 0 Å². The Morgan fingerprint density at radius 1 is 1.35 bits per heavy atom. The van der Waals surface area contributed by atoms with Crippen molar-refractivity contribution in [1.82, 2.24) is 25.2 Å². The zero-order chi connectivity index (χ0) is 18.5. The summed E-state index contributed by atoms with van der Waals surface area (Å²) in [7, 11) is 0. The molecule has 1 N–H and O–H groups in total. The molecule has 0 aliphatic heterocycles. The fourth-order valence-electron chi connectivity index (χ4n) is 2.14. The molecule has 11 heteroatoms. The topological polar surface area (TPSA) is 129 Å².